The third kappa shape index (κ3) is 8.62. The molecule has 0 bridgehead atoms. The van der Waals surface area contributed by atoms with Gasteiger partial charge in [0.15, 0.2) is 0 Å². The van der Waals surface area contributed by atoms with E-state index in [0.717, 1.165) is 56.1 Å². The lowest BCUT2D eigenvalue weighted by molar-refractivity contribution is 0.211. The Morgan fingerprint density at radius 2 is 1.25 bits per heavy atom. The molecule has 0 saturated carbocycles. The zero-order chi connectivity index (χ0) is 37.1. The number of aromatic nitrogens is 8. The summed E-state index contributed by atoms with van der Waals surface area (Å²) in [5, 5.41) is 30.9. The molecule has 15 heteroatoms. The van der Waals surface area contributed by atoms with Crippen LogP contribution in [-0.4, -0.2) is 44.6 Å². The van der Waals surface area contributed by atoms with Crippen molar-refractivity contribution >= 4 is 80.1 Å². The number of nitrogens with zero attached hydrogens (tertiary/aromatic N) is 6. The van der Waals surface area contributed by atoms with Gasteiger partial charge < -0.3 is 25.7 Å². The Morgan fingerprint density at radius 3 is 1.89 bits per heavy atom. The fourth-order valence-electron chi connectivity index (χ4n) is 6.02. The van der Waals surface area contributed by atoms with Crippen LogP contribution >= 0.6 is 46.4 Å². The van der Waals surface area contributed by atoms with Crippen LogP contribution in [0.15, 0.2) is 97.6 Å². The fourth-order valence-corrected chi connectivity index (χ4v) is 6.76. The number of fused-ring (bicyclic) bond motifs is 2. The Bertz CT molecular complexity index is 2520. The Labute approximate surface area is 324 Å². The number of anilines is 2. The number of halogens is 4. The first kappa shape index (κ1) is 36.3. The van der Waals surface area contributed by atoms with Crippen LogP contribution in [0.5, 0.6) is 0 Å². The third-order valence-electron chi connectivity index (χ3n) is 8.68. The van der Waals surface area contributed by atoms with Crippen LogP contribution in [0.1, 0.15) is 39.7 Å². The summed E-state index contributed by atoms with van der Waals surface area (Å²) >= 11 is 24.2. The molecule has 0 aliphatic heterocycles. The normalized spacial score (nSPS) is 11.8. The number of aromatic amines is 2. The van der Waals surface area contributed by atoms with Crippen molar-refractivity contribution < 1.29 is 5.11 Å². The van der Waals surface area contributed by atoms with Gasteiger partial charge in [-0.25, -0.2) is 9.97 Å². The second-order valence-electron chi connectivity index (χ2n) is 12.4. The minimum absolute atomic E-state index is 0.518. The topological polar surface area (TPSA) is 137 Å². The van der Waals surface area contributed by atoms with Crippen LogP contribution in [0, 0.1) is 0 Å². The number of nitrogens with one attached hydrogen (secondary N) is 4. The molecule has 0 spiro atoms. The number of aliphatic hydroxyl groups is 1. The summed E-state index contributed by atoms with van der Waals surface area (Å²) in [6, 6.07) is 23.0. The number of hydrogen-bond acceptors (Lipinski definition) is 7. The molecule has 11 nitrogen and oxygen atoms in total. The average Bonchev–Trinajstić information content (AvgIpc) is 3.92. The van der Waals surface area contributed by atoms with Gasteiger partial charge >= 0.3 is 0 Å². The first-order valence-corrected chi connectivity index (χ1v) is 18.1. The minimum Gasteiger partial charge on any atom is -0.382 e. The monoisotopic (exact) mass is 786 g/mol. The second-order valence-corrected chi connectivity index (χ2v) is 14.2. The van der Waals surface area contributed by atoms with Gasteiger partial charge in [-0.2, -0.15) is 10.2 Å². The summed E-state index contributed by atoms with van der Waals surface area (Å²) in [5.41, 5.74) is 7.27. The average molecular weight is 789 g/mol. The number of H-pyrrole nitrogens is 2. The highest BCUT2D eigenvalue weighted by molar-refractivity contribution is 6.31. The summed E-state index contributed by atoms with van der Waals surface area (Å²) < 4.78 is 3.54. The van der Waals surface area contributed by atoms with Crippen molar-refractivity contribution in [3.8, 4) is 0 Å². The smallest absolute Gasteiger partial charge is 0.148 e. The van der Waals surface area contributed by atoms with Crippen LogP contribution in [0.4, 0.5) is 11.6 Å². The number of benzene rings is 2. The molecule has 0 saturated heterocycles. The van der Waals surface area contributed by atoms with Gasteiger partial charge in [-0.1, -0.05) is 70.7 Å². The van der Waals surface area contributed by atoms with E-state index in [2.05, 4.69) is 46.8 Å². The van der Waals surface area contributed by atoms with Gasteiger partial charge in [0, 0.05) is 103 Å². The lowest BCUT2D eigenvalue weighted by atomic mass is 10.1. The second kappa shape index (κ2) is 15.9. The van der Waals surface area contributed by atoms with Gasteiger partial charge in [0.25, 0.3) is 0 Å². The van der Waals surface area contributed by atoms with Crippen molar-refractivity contribution in [2.45, 2.75) is 25.6 Å². The zero-order valence-corrected chi connectivity index (χ0v) is 31.6. The number of rotatable bonds is 10. The maximum absolute atomic E-state index is 10.9. The highest BCUT2D eigenvalue weighted by Gasteiger charge is 2.20. The Hall–Kier alpha value is -5.04. The van der Waals surface area contributed by atoms with Crippen LogP contribution in [0.2, 0.25) is 20.1 Å². The zero-order valence-electron chi connectivity index (χ0n) is 28.6. The van der Waals surface area contributed by atoms with Crippen molar-refractivity contribution in [3.05, 3.63) is 151 Å². The summed E-state index contributed by atoms with van der Waals surface area (Å²) in [5.74, 6) is 1.50. The lowest BCUT2D eigenvalue weighted by Gasteiger charge is -2.09. The molecule has 1 atom stereocenters. The predicted molar refractivity (Wildman–Crippen MR) is 213 cm³/mol. The van der Waals surface area contributed by atoms with Crippen molar-refractivity contribution in [1.82, 2.24) is 39.5 Å². The largest absolute Gasteiger partial charge is 0.382 e. The van der Waals surface area contributed by atoms with Gasteiger partial charge in [0.05, 0.1) is 15.7 Å². The van der Waals surface area contributed by atoms with Crippen LogP contribution < -0.4 is 10.6 Å². The van der Waals surface area contributed by atoms with Crippen molar-refractivity contribution in [2.75, 3.05) is 10.6 Å². The molecule has 8 aromatic rings. The molecule has 0 aliphatic carbocycles. The molecule has 1 unspecified atom stereocenters. The third-order valence-corrected chi connectivity index (χ3v) is 9.56. The predicted octanol–water partition coefficient (Wildman–Crippen LogP) is 9.10. The maximum atomic E-state index is 10.9. The van der Waals surface area contributed by atoms with E-state index in [0.29, 0.717) is 50.9 Å². The van der Waals surface area contributed by atoms with Crippen molar-refractivity contribution in [1.29, 1.82) is 0 Å². The molecule has 0 fully saturated rings. The van der Waals surface area contributed by atoms with E-state index in [1.165, 1.54) is 0 Å². The van der Waals surface area contributed by atoms with E-state index in [1.54, 1.807) is 36.4 Å². The molecule has 53 heavy (non-hydrogen) atoms. The van der Waals surface area contributed by atoms with Crippen LogP contribution in [-0.2, 0) is 33.6 Å². The lowest BCUT2D eigenvalue weighted by Crippen LogP contribution is -2.06. The Balaban J connectivity index is 0.000000164. The molecule has 0 amide bonds. The molecule has 270 valence electrons. The van der Waals surface area contributed by atoms with Gasteiger partial charge in [-0.15, -0.1) is 0 Å². The molecule has 5 N–H and O–H groups in total. The molecule has 0 aliphatic rings. The Kier molecular flexibility index (Phi) is 10.9. The summed E-state index contributed by atoms with van der Waals surface area (Å²) in [6.07, 6.45) is 6.80. The highest BCUT2D eigenvalue weighted by Crippen LogP contribution is 2.31. The van der Waals surface area contributed by atoms with Gasteiger partial charge in [0.1, 0.15) is 29.0 Å². The van der Waals surface area contributed by atoms with E-state index in [4.69, 9.17) is 46.4 Å². The summed E-state index contributed by atoms with van der Waals surface area (Å²) in [4.78, 5) is 14.8. The Morgan fingerprint density at radius 1 is 0.679 bits per heavy atom. The number of hydrogen-bond donors (Lipinski definition) is 5. The van der Waals surface area contributed by atoms with Crippen molar-refractivity contribution in [2.24, 2.45) is 14.1 Å². The van der Waals surface area contributed by atoms with E-state index >= 15 is 0 Å². The summed E-state index contributed by atoms with van der Waals surface area (Å²) in [6.45, 7) is 1.25. The summed E-state index contributed by atoms with van der Waals surface area (Å²) in [7, 11) is 3.74. The van der Waals surface area contributed by atoms with Gasteiger partial charge in [0.2, 0.25) is 0 Å². The number of aryl methyl sites for hydroxylation is 2. The van der Waals surface area contributed by atoms with Gasteiger partial charge in [-0.3, -0.25) is 9.36 Å². The van der Waals surface area contributed by atoms with Crippen LogP contribution in [0.25, 0.3) is 22.1 Å². The van der Waals surface area contributed by atoms with E-state index in [9.17, 15) is 5.11 Å². The molecular formula is C38H34Cl4N10O. The maximum Gasteiger partial charge on any atom is 0.148 e. The molecule has 8 rings (SSSR count). The molecular weight excluding hydrogens is 754 g/mol. The number of pyridine rings is 2. The first-order chi connectivity index (χ1) is 25.6. The fraction of sp³-hybridized carbons (Fsp3) is 0.158. The highest BCUT2D eigenvalue weighted by atomic mass is 35.5. The molecule has 6 aromatic heterocycles. The van der Waals surface area contributed by atoms with Crippen molar-refractivity contribution in [3.63, 3.8) is 0 Å². The molecule has 0 radical (unpaired) electrons. The molecule has 2 aromatic carbocycles. The van der Waals surface area contributed by atoms with E-state index < -0.39 is 6.10 Å². The molecule has 6 heterocycles. The number of aliphatic hydroxyl groups excluding tert-OH is 1. The SMILES string of the molecule is Cn1nc(NCc2cccc(Cl)c2)cc1C(O)c1c[nH]c2ncc(Cl)cc12.Cn1nc(NCc2cccc(Cl)c2)cc1Cc1c[nH]c2ncc(Cl)cc12. The minimum atomic E-state index is -0.863. The van der Waals surface area contributed by atoms with E-state index in [1.807, 2.05) is 78.6 Å². The van der Waals surface area contributed by atoms with E-state index in [-0.39, 0.29) is 0 Å². The quantitative estimate of drug-likeness (QED) is 0.0933. The first-order valence-electron chi connectivity index (χ1n) is 16.5. The van der Waals surface area contributed by atoms with Crippen LogP contribution in [0.3, 0.4) is 0 Å². The van der Waals surface area contributed by atoms with Gasteiger partial charge in [-0.05, 0) is 53.1 Å². The standard InChI is InChI=1S/C19H17Cl2N5O.C19H17Cl2N5/c1-26-16(7-17(25-26)22-8-11-3-2-4-12(20)5-11)18(27)15-10-24-19-14(15)6-13(21)9-23-19;1-26-16(6-13-10-23-19-17(13)7-15(21)11-24-19)8-18(25-26)22-9-12-3-2-4-14(20)5-12/h2-7,9-10,18,27H,8H2,1H3,(H,22,25)(H,23,24);2-5,7-8,10-11H,6,9H2,1H3,(H,22,25)(H,23,24).